The molecule has 0 saturated heterocycles. The number of aliphatic carboxylic acids is 1. The van der Waals surface area contributed by atoms with E-state index in [1.807, 2.05) is 6.26 Å². The summed E-state index contributed by atoms with van der Waals surface area (Å²) in [6, 6.07) is -0.234. The monoisotopic (exact) mass is 205 g/mol. The van der Waals surface area contributed by atoms with Crippen molar-refractivity contribution in [1.82, 2.24) is 5.32 Å². The largest absolute Gasteiger partial charge is 0.481 e. The molecule has 0 radical (unpaired) electrons. The Balaban J connectivity index is 3.87. The lowest BCUT2D eigenvalue weighted by atomic mass is 10.1. The van der Waals surface area contributed by atoms with Crippen LogP contribution in [0.1, 0.15) is 19.8 Å². The Kier molecular flexibility index (Phi) is 6.40. The highest BCUT2D eigenvalue weighted by Crippen LogP contribution is 2.04. The van der Waals surface area contributed by atoms with E-state index in [4.69, 9.17) is 5.11 Å². The Morgan fingerprint density at radius 3 is 2.54 bits per heavy atom. The van der Waals surface area contributed by atoms with Gasteiger partial charge in [-0.25, -0.2) is 0 Å². The standard InChI is InChI=1S/C8H15NO3S/c1-6(10)9-7(3-4-13-2)5-8(11)12/h7H,3-5H2,1-2H3,(H,9,10)(H,11,12)/t7-/m1/s1. The minimum absolute atomic E-state index is 0.000139. The zero-order chi connectivity index (χ0) is 10.3. The van der Waals surface area contributed by atoms with Crippen molar-refractivity contribution in [2.45, 2.75) is 25.8 Å². The minimum Gasteiger partial charge on any atom is -0.481 e. The van der Waals surface area contributed by atoms with Crippen LogP contribution in [0.4, 0.5) is 0 Å². The average molecular weight is 205 g/mol. The first kappa shape index (κ1) is 12.3. The van der Waals surface area contributed by atoms with Crippen molar-refractivity contribution in [3.8, 4) is 0 Å². The molecular formula is C8H15NO3S. The fraction of sp³-hybridized carbons (Fsp3) is 0.750. The second kappa shape index (κ2) is 6.77. The molecule has 0 aromatic rings. The van der Waals surface area contributed by atoms with Crippen LogP contribution >= 0.6 is 11.8 Å². The quantitative estimate of drug-likeness (QED) is 0.670. The van der Waals surface area contributed by atoms with Gasteiger partial charge in [-0.05, 0) is 18.4 Å². The van der Waals surface area contributed by atoms with Gasteiger partial charge in [-0.1, -0.05) is 0 Å². The summed E-state index contributed by atoms with van der Waals surface area (Å²) in [5.74, 6) is -0.190. The lowest BCUT2D eigenvalue weighted by Crippen LogP contribution is -2.35. The molecule has 4 nitrogen and oxygen atoms in total. The van der Waals surface area contributed by atoms with Crippen molar-refractivity contribution in [3.05, 3.63) is 0 Å². The van der Waals surface area contributed by atoms with Gasteiger partial charge in [-0.2, -0.15) is 11.8 Å². The van der Waals surface area contributed by atoms with E-state index < -0.39 is 5.97 Å². The molecule has 0 rings (SSSR count). The molecule has 0 spiro atoms. The van der Waals surface area contributed by atoms with Crippen molar-refractivity contribution in [3.63, 3.8) is 0 Å². The molecule has 1 atom stereocenters. The maximum atomic E-state index is 10.7. The summed E-state index contributed by atoms with van der Waals surface area (Å²) in [5.41, 5.74) is 0. The van der Waals surface area contributed by atoms with Gasteiger partial charge in [0.1, 0.15) is 0 Å². The second-order valence-corrected chi connectivity index (χ2v) is 3.76. The first-order valence-corrected chi connectivity index (χ1v) is 5.43. The molecule has 1 amide bonds. The normalized spacial score (nSPS) is 12.2. The van der Waals surface area contributed by atoms with Crippen molar-refractivity contribution >= 4 is 23.6 Å². The smallest absolute Gasteiger partial charge is 0.305 e. The number of carboxylic acid groups (broad SMARTS) is 1. The molecule has 0 aliphatic heterocycles. The third kappa shape index (κ3) is 7.64. The van der Waals surface area contributed by atoms with Gasteiger partial charge in [0, 0.05) is 13.0 Å². The summed E-state index contributed by atoms with van der Waals surface area (Å²) in [4.78, 5) is 21.1. The second-order valence-electron chi connectivity index (χ2n) is 2.78. The average Bonchev–Trinajstić information content (AvgIpc) is 1.98. The molecule has 76 valence electrons. The van der Waals surface area contributed by atoms with Gasteiger partial charge in [-0.15, -0.1) is 0 Å². The third-order valence-electron chi connectivity index (χ3n) is 1.50. The predicted molar refractivity (Wildman–Crippen MR) is 52.9 cm³/mol. The van der Waals surface area contributed by atoms with E-state index in [2.05, 4.69) is 5.32 Å². The zero-order valence-corrected chi connectivity index (χ0v) is 8.69. The fourth-order valence-electron chi connectivity index (χ4n) is 0.984. The molecule has 0 bridgehead atoms. The van der Waals surface area contributed by atoms with Crippen LogP contribution in [0.5, 0.6) is 0 Å². The summed E-state index contributed by atoms with van der Waals surface area (Å²) in [7, 11) is 0. The topological polar surface area (TPSA) is 66.4 Å². The fourth-order valence-corrected chi connectivity index (χ4v) is 1.50. The van der Waals surface area contributed by atoms with Gasteiger partial charge in [0.05, 0.1) is 6.42 Å². The number of carbonyl (C=O) groups excluding carboxylic acids is 1. The number of thioether (sulfide) groups is 1. The molecule has 0 unspecified atom stereocenters. The van der Waals surface area contributed by atoms with Crippen molar-refractivity contribution in [2.24, 2.45) is 0 Å². The van der Waals surface area contributed by atoms with E-state index in [0.29, 0.717) is 6.42 Å². The highest BCUT2D eigenvalue weighted by atomic mass is 32.2. The minimum atomic E-state index is -0.875. The molecular weight excluding hydrogens is 190 g/mol. The molecule has 0 saturated carbocycles. The van der Waals surface area contributed by atoms with Crippen LogP contribution in [0.25, 0.3) is 0 Å². The van der Waals surface area contributed by atoms with E-state index in [-0.39, 0.29) is 18.4 Å². The summed E-state index contributed by atoms with van der Waals surface area (Å²) in [6.07, 6.45) is 2.65. The Bertz CT molecular complexity index is 168. The number of hydrogen-bond donors (Lipinski definition) is 2. The summed E-state index contributed by atoms with van der Waals surface area (Å²) in [5, 5.41) is 11.2. The van der Waals surface area contributed by atoms with E-state index in [0.717, 1.165) is 5.75 Å². The molecule has 13 heavy (non-hydrogen) atoms. The van der Waals surface area contributed by atoms with E-state index in [1.54, 1.807) is 11.8 Å². The molecule has 2 N–H and O–H groups in total. The van der Waals surface area contributed by atoms with Crippen LogP contribution in [-0.2, 0) is 9.59 Å². The van der Waals surface area contributed by atoms with Crippen molar-refractivity contribution in [1.29, 1.82) is 0 Å². The Hall–Kier alpha value is -0.710. The summed E-state index contributed by atoms with van der Waals surface area (Å²) < 4.78 is 0. The van der Waals surface area contributed by atoms with Gasteiger partial charge < -0.3 is 10.4 Å². The van der Waals surface area contributed by atoms with Crippen LogP contribution in [0.15, 0.2) is 0 Å². The highest BCUT2D eigenvalue weighted by Gasteiger charge is 2.13. The molecule has 0 fully saturated rings. The third-order valence-corrected chi connectivity index (χ3v) is 2.14. The van der Waals surface area contributed by atoms with Gasteiger partial charge in [-0.3, -0.25) is 9.59 Å². The SMILES string of the molecule is CSCC[C@H](CC(=O)O)NC(C)=O. The predicted octanol–water partition coefficient (Wildman–Crippen LogP) is 0.719. The number of nitrogens with one attached hydrogen (secondary N) is 1. The van der Waals surface area contributed by atoms with Gasteiger partial charge in [0.2, 0.25) is 5.91 Å². The number of carbonyl (C=O) groups is 2. The summed E-state index contributed by atoms with van der Waals surface area (Å²) >= 11 is 1.64. The van der Waals surface area contributed by atoms with Crippen LogP contribution < -0.4 is 5.32 Å². The Morgan fingerprint density at radius 1 is 1.54 bits per heavy atom. The zero-order valence-electron chi connectivity index (χ0n) is 7.87. The molecule has 0 aliphatic carbocycles. The Morgan fingerprint density at radius 2 is 2.15 bits per heavy atom. The first-order valence-electron chi connectivity index (χ1n) is 4.04. The molecule has 5 heteroatoms. The van der Waals surface area contributed by atoms with E-state index in [9.17, 15) is 9.59 Å². The number of carboxylic acids is 1. The maximum Gasteiger partial charge on any atom is 0.305 e. The van der Waals surface area contributed by atoms with E-state index >= 15 is 0 Å². The number of rotatable bonds is 6. The molecule has 0 aromatic heterocycles. The van der Waals surface area contributed by atoms with Crippen LogP contribution in [0.3, 0.4) is 0 Å². The number of amides is 1. The van der Waals surface area contributed by atoms with Crippen LogP contribution in [0, 0.1) is 0 Å². The number of hydrogen-bond acceptors (Lipinski definition) is 3. The van der Waals surface area contributed by atoms with Gasteiger partial charge >= 0.3 is 5.97 Å². The lowest BCUT2D eigenvalue weighted by Gasteiger charge is -2.14. The first-order chi connectivity index (χ1) is 6.06. The van der Waals surface area contributed by atoms with Crippen LogP contribution in [-0.4, -0.2) is 35.0 Å². The lowest BCUT2D eigenvalue weighted by molar-refractivity contribution is -0.137. The van der Waals surface area contributed by atoms with Crippen molar-refractivity contribution in [2.75, 3.05) is 12.0 Å². The molecule has 0 aromatic carbocycles. The molecule has 0 aliphatic rings. The van der Waals surface area contributed by atoms with Crippen molar-refractivity contribution < 1.29 is 14.7 Å². The molecule has 0 heterocycles. The highest BCUT2D eigenvalue weighted by molar-refractivity contribution is 7.98. The van der Waals surface area contributed by atoms with Crippen LogP contribution in [0.2, 0.25) is 0 Å². The van der Waals surface area contributed by atoms with Gasteiger partial charge in [0.25, 0.3) is 0 Å². The van der Waals surface area contributed by atoms with E-state index in [1.165, 1.54) is 6.92 Å². The maximum absolute atomic E-state index is 10.7. The summed E-state index contributed by atoms with van der Waals surface area (Å²) in [6.45, 7) is 1.40. The Labute approximate surface area is 82.1 Å². The van der Waals surface area contributed by atoms with Gasteiger partial charge in [0.15, 0.2) is 0 Å².